The van der Waals surface area contributed by atoms with Crippen molar-refractivity contribution in [3.05, 3.63) is 15.8 Å². The SMILES string of the molecule is Cc1nc(N)nc(NCCNS(C)(=O)=O)c1[N+](=O)[O-]. The van der Waals surface area contributed by atoms with E-state index < -0.39 is 14.9 Å². The molecule has 0 saturated carbocycles. The first kappa shape index (κ1) is 15.0. The number of nitrogens with two attached hydrogens (primary N) is 1. The van der Waals surface area contributed by atoms with Crippen LogP contribution in [0.25, 0.3) is 0 Å². The second-order valence-corrected chi connectivity index (χ2v) is 5.55. The van der Waals surface area contributed by atoms with E-state index in [-0.39, 0.29) is 36.2 Å². The van der Waals surface area contributed by atoms with Gasteiger partial charge in [0, 0.05) is 13.1 Å². The second-order valence-electron chi connectivity index (χ2n) is 3.71. The van der Waals surface area contributed by atoms with E-state index in [1.807, 2.05) is 0 Å². The van der Waals surface area contributed by atoms with Gasteiger partial charge in [-0.15, -0.1) is 0 Å². The van der Waals surface area contributed by atoms with Crippen LogP contribution < -0.4 is 15.8 Å². The predicted octanol–water partition coefficient (Wildman–Crippen LogP) is -0.763. The summed E-state index contributed by atoms with van der Waals surface area (Å²) < 4.78 is 23.9. The first-order valence-electron chi connectivity index (χ1n) is 5.17. The lowest BCUT2D eigenvalue weighted by atomic mass is 10.3. The summed E-state index contributed by atoms with van der Waals surface area (Å²) in [7, 11) is -3.30. The molecule has 0 fully saturated rings. The van der Waals surface area contributed by atoms with Crippen LogP contribution in [0.3, 0.4) is 0 Å². The molecule has 19 heavy (non-hydrogen) atoms. The normalized spacial score (nSPS) is 11.3. The maximum absolute atomic E-state index is 10.9. The summed E-state index contributed by atoms with van der Waals surface area (Å²) in [5.74, 6) is -0.132. The molecule has 10 nitrogen and oxygen atoms in total. The molecule has 11 heteroatoms. The molecule has 1 heterocycles. The van der Waals surface area contributed by atoms with Gasteiger partial charge in [0.15, 0.2) is 0 Å². The Morgan fingerprint density at radius 2 is 2.00 bits per heavy atom. The van der Waals surface area contributed by atoms with Crippen molar-refractivity contribution >= 4 is 27.5 Å². The van der Waals surface area contributed by atoms with Crippen LogP contribution >= 0.6 is 0 Å². The van der Waals surface area contributed by atoms with Crippen LogP contribution in [0.1, 0.15) is 5.69 Å². The third-order valence-corrected chi connectivity index (χ3v) is 2.77. The first-order valence-corrected chi connectivity index (χ1v) is 7.07. The van der Waals surface area contributed by atoms with Gasteiger partial charge >= 0.3 is 5.69 Å². The van der Waals surface area contributed by atoms with Gasteiger partial charge in [0.1, 0.15) is 5.69 Å². The Kier molecular flexibility index (Phi) is 4.56. The Hall–Kier alpha value is -2.01. The molecule has 0 aliphatic rings. The fraction of sp³-hybridized carbons (Fsp3) is 0.500. The molecule has 1 aromatic heterocycles. The predicted molar refractivity (Wildman–Crippen MR) is 69.2 cm³/mol. The van der Waals surface area contributed by atoms with E-state index in [0.29, 0.717) is 0 Å². The zero-order chi connectivity index (χ0) is 14.6. The monoisotopic (exact) mass is 290 g/mol. The van der Waals surface area contributed by atoms with Crippen molar-refractivity contribution in [2.75, 3.05) is 30.4 Å². The Bertz CT molecular complexity index is 587. The molecular weight excluding hydrogens is 276 g/mol. The molecule has 0 bridgehead atoms. The lowest BCUT2D eigenvalue weighted by molar-refractivity contribution is -0.385. The summed E-state index contributed by atoms with van der Waals surface area (Å²) in [6.07, 6.45) is 1.02. The average Bonchev–Trinajstić information content (AvgIpc) is 2.21. The van der Waals surface area contributed by atoms with Crippen molar-refractivity contribution in [1.29, 1.82) is 0 Å². The minimum atomic E-state index is -3.30. The zero-order valence-corrected chi connectivity index (χ0v) is 11.2. The molecule has 4 N–H and O–H groups in total. The van der Waals surface area contributed by atoms with E-state index in [4.69, 9.17) is 5.73 Å². The van der Waals surface area contributed by atoms with Crippen LogP contribution in [0, 0.1) is 17.0 Å². The van der Waals surface area contributed by atoms with Gasteiger partial charge < -0.3 is 11.1 Å². The summed E-state index contributed by atoms with van der Waals surface area (Å²) >= 11 is 0. The molecule has 0 aliphatic carbocycles. The number of hydrogen-bond donors (Lipinski definition) is 3. The highest BCUT2D eigenvalue weighted by molar-refractivity contribution is 7.88. The number of nitrogens with zero attached hydrogens (tertiary/aromatic N) is 3. The van der Waals surface area contributed by atoms with Gasteiger partial charge in [-0.05, 0) is 6.92 Å². The highest BCUT2D eigenvalue weighted by atomic mass is 32.2. The molecule has 0 unspecified atom stereocenters. The smallest absolute Gasteiger partial charge is 0.332 e. The van der Waals surface area contributed by atoms with Crippen molar-refractivity contribution in [3.8, 4) is 0 Å². The van der Waals surface area contributed by atoms with Gasteiger partial charge in [0.05, 0.1) is 11.2 Å². The van der Waals surface area contributed by atoms with Gasteiger partial charge in [-0.1, -0.05) is 0 Å². The summed E-state index contributed by atoms with van der Waals surface area (Å²) in [5.41, 5.74) is 5.26. The third-order valence-electron chi connectivity index (χ3n) is 2.04. The van der Waals surface area contributed by atoms with E-state index in [1.54, 1.807) is 0 Å². The largest absolute Gasteiger partial charge is 0.368 e. The van der Waals surface area contributed by atoms with Crippen LogP contribution in [0.4, 0.5) is 17.5 Å². The van der Waals surface area contributed by atoms with Crippen molar-refractivity contribution in [3.63, 3.8) is 0 Å². The number of sulfonamides is 1. The third kappa shape index (κ3) is 4.63. The van der Waals surface area contributed by atoms with Crippen molar-refractivity contribution in [2.45, 2.75) is 6.92 Å². The molecule has 0 spiro atoms. The van der Waals surface area contributed by atoms with Crippen LogP contribution in [-0.2, 0) is 10.0 Å². The van der Waals surface area contributed by atoms with Gasteiger partial charge in [0.25, 0.3) is 0 Å². The van der Waals surface area contributed by atoms with Gasteiger partial charge in [-0.25, -0.2) is 18.1 Å². The van der Waals surface area contributed by atoms with Crippen LogP contribution in [0.15, 0.2) is 0 Å². The maximum Gasteiger partial charge on any atom is 0.332 e. The zero-order valence-electron chi connectivity index (χ0n) is 10.4. The topological polar surface area (TPSA) is 153 Å². The molecule has 0 radical (unpaired) electrons. The molecule has 1 aromatic rings. The van der Waals surface area contributed by atoms with E-state index in [0.717, 1.165) is 6.26 Å². The van der Waals surface area contributed by atoms with Gasteiger partial charge in [-0.2, -0.15) is 4.98 Å². The van der Waals surface area contributed by atoms with Crippen molar-refractivity contribution in [1.82, 2.24) is 14.7 Å². The van der Waals surface area contributed by atoms with E-state index >= 15 is 0 Å². The van der Waals surface area contributed by atoms with Crippen LogP contribution in [0.5, 0.6) is 0 Å². The van der Waals surface area contributed by atoms with E-state index in [2.05, 4.69) is 20.0 Å². The Labute approximate surface area is 109 Å². The number of aromatic nitrogens is 2. The Balaban J connectivity index is 2.80. The summed E-state index contributed by atoms with van der Waals surface area (Å²) in [4.78, 5) is 17.7. The molecule has 0 amide bonds. The highest BCUT2D eigenvalue weighted by Gasteiger charge is 2.21. The van der Waals surface area contributed by atoms with Crippen LogP contribution in [-0.4, -0.2) is 42.7 Å². The van der Waals surface area contributed by atoms with E-state index in [1.165, 1.54) is 6.92 Å². The fourth-order valence-corrected chi connectivity index (χ4v) is 1.82. The highest BCUT2D eigenvalue weighted by Crippen LogP contribution is 2.25. The summed E-state index contributed by atoms with van der Waals surface area (Å²) in [6, 6.07) is 0. The minimum Gasteiger partial charge on any atom is -0.368 e. The number of hydrogen-bond acceptors (Lipinski definition) is 8. The quantitative estimate of drug-likeness (QED) is 0.351. The summed E-state index contributed by atoms with van der Waals surface area (Å²) in [5, 5.41) is 13.5. The maximum atomic E-state index is 10.9. The summed E-state index contributed by atoms with van der Waals surface area (Å²) in [6.45, 7) is 1.64. The minimum absolute atomic E-state index is 0.0368. The number of nitrogens with one attached hydrogen (secondary N) is 2. The van der Waals surface area contributed by atoms with Gasteiger partial charge in [-0.3, -0.25) is 10.1 Å². The number of aryl methyl sites for hydroxylation is 1. The second kappa shape index (κ2) is 5.75. The van der Waals surface area contributed by atoms with Gasteiger partial charge in [0.2, 0.25) is 21.8 Å². The van der Waals surface area contributed by atoms with E-state index in [9.17, 15) is 18.5 Å². The molecule has 0 atom stereocenters. The number of anilines is 2. The van der Waals surface area contributed by atoms with Crippen molar-refractivity contribution in [2.24, 2.45) is 0 Å². The molecular formula is C8H14N6O4S. The molecule has 1 rings (SSSR count). The molecule has 106 valence electrons. The fourth-order valence-electron chi connectivity index (χ4n) is 1.35. The number of rotatable bonds is 6. The number of nitrogen functional groups attached to an aromatic ring is 1. The molecule has 0 aliphatic heterocycles. The van der Waals surface area contributed by atoms with Crippen LogP contribution in [0.2, 0.25) is 0 Å². The Morgan fingerprint density at radius 1 is 1.37 bits per heavy atom. The van der Waals surface area contributed by atoms with Crippen molar-refractivity contribution < 1.29 is 13.3 Å². The molecule has 0 aromatic carbocycles. The average molecular weight is 290 g/mol. The number of nitro groups is 1. The Morgan fingerprint density at radius 3 is 2.53 bits per heavy atom. The lowest BCUT2D eigenvalue weighted by Gasteiger charge is -2.08. The standard InChI is InChI=1S/C8H14N6O4S/c1-5-6(14(15)16)7(13-8(9)12-5)10-3-4-11-19(2,17)18/h11H,3-4H2,1-2H3,(H3,9,10,12,13). The molecule has 0 saturated heterocycles. The lowest BCUT2D eigenvalue weighted by Crippen LogP contribution is -2.28. The first-order chi connectivity index (χ1) is 8.70.